The molecule has 18 heavy (non-hydrogen) atoms. The van der Waals surface area contributed by atoms with E-state index in [2.05, 4.69) is 77.3 Å². The molecule has 3 heteroatoms. The summed E-state index contributed by atoms with van der Waals surface area (Å²) in [5.41, 5.74) is 3.75. The van der Waals surface area contributed by atoms with Crippen molar-refractivity contribution in [2.75, 3.05) is 5.32 Å². The number of hydrogen-bond acceptors (Lipinski definition) is 2. The summed E-state index contributed by atoms with van der Waals surface area (Å²) in [6, 6.07) is 10.7. The molecule has 2 rings (SSSR count). The maximum atomic E-state index is 4.41. The summed E-state index contributed by atoms with van der Waals surface area (Å²) in [6.07, 6.45) is 1.82. The Kier molecular flexibility index (Phi) is 4.02. The number of halogens is 1. The third kappa shape index (κ3) is 2.91. The van der Waals surface area contributed by atoms with Gasteiger partial charge in [-0.15, -0.1) is 0 Å². The van der Waals surface area contributed by atoms with Gasteiger partial charge in [0.25, 0.3) is 0 Å². The molecule has 0 bridgehead atoms. The highest BCUT2D eigenvalue weighted by Gasteiger charge is 2.09. The van der Waals surface area contributed by atoms with Gasteiger partial charge in [0.1, 0.15) is 5.82 Å². The molecule has 0 saturated carbocycles. The first-order valence-corrected chi connectivity index (χ1v) is 6.81. The topological polar surface area (TPSA) is 24.9 Å². The number of anilines is 1. The second-order valence-corrected chi connectivity index (χ2v) is 5.46. The van der Waals surface area contributed by atoms with Crippen molar-refractivity contribution in [3.8, 4) is 0 Å². The molecule has 0 radical (unpaired) electrons. The molecular weight excluding hydrogens is 288 g/mol. The number of rotatable bonds is 3. The Morgan fingerprint density at radius 2 is 1.89 bits per heavy atom. The van der Waals surface area contributed by atoms with Crippen LogP contribution in [0.1, 0.15) is 29.7 Å². The van der Waals surface area contributed by atoms with E-state index in [1.165, 1.54) is 11.1 Å². The predicted molar refractivity (Wildman–Crippen MR) is 79.9 cm³/mol. The lowest BCUT2D eigenvalue weighted by Crippen LogP contribution is -2.10. The van der Waals surface area contributed by atoms with Gasteiger partial charge in [0.2, 0.25) is 0 Å². The molecule has 0 amide bonds. The van der Waals surface area contributed by atoms with Gasteiger partial charge in [-0.3, -0.25) is 0 Å². The first-order valence-electron chi connectivity index (χ1n) is 6.02. The number of pyridine rings is 1. The van der Waals surface area contributed by atoms with Crippen molar-refractivity contribution in [1.82, 2.24) is 4.98 Å². The smallest absolute Gasteiger partial charge is 0.129 e. The Bertz CT molecular complexity index is 552. The van der Waals surface area contributed by atoms with Crippen LogP contribution in [0, 0.1) is 13.8 Å². The van der Waals surface area contributed by atoms with Crippen LogP contribution in [0.3, 0.4) is 0 Å². The van der Waals surface area contributed by atoms with Gasteiger partial charge in [0.15, 0.2) is 0 Å². The molecular formula is C15H17BrN2. The summed E-state index contributed by atoms with van der Waals surface area (Å²) in [6.45, 7) is 6.35. The van der Waals surface area contributed by atoms with E-state index < -0.39 is 0 Å². The first-order chi connectivity index (χ1) is 8.58. The van der Waals surface area contributed by atoms with Crippen LogP contribution >= 0.6 is 15.9 Å². The van der Waals surface area contributed by atoms with Crippen LogP contribution in [-0.4, -0.2) is 4.98 Å². The fraction of sp³-hybridized carbons (Fsp3) is 0.267. The lowest BCUT2D eigenvalue weighted by Gasteiger charge is -2.18. The molecule has 1 aromatic heterocycles. The number of aryl methyl sites for hydroxylation is 2. The molecule has 0 saturated heterocycles. The van der Waals surface area contributed by atoms with Crippen molar-refractivity contribution < 1.29 is 0 Å². The average molecular weight is 305 g/mol. The third-order valence-electron chi connectivity index (χ3n) is 3.05. The number of nitrogens with zero attached hydrogens (tertiary/aromatic N) is 1. The van der Waals surface area contributed by atoms with Gasteiger partial charge in [-0.25, -0.2) is 4.98 Å². The highest BCUT2D eigenvalue weighted by Crippen LogP contribution is 2.24. The van der Waals surface area contributed by atoms with Crippen LogP contribution < -0.4 is 5.32 Å². The minimum atomic E-state index is 0.249. The summed E-state index contributed by atoms with van der Waals surface area (Å²) in [5.74, 6) is 0.939. The molecule has 1 heterocycles. The highest BCUT2D eigenvalue weighted by molar-refractivity contribution is 9.10. The lowest BCUT2D eigenvalue weighted by atomic mass is 10.0. The van der Waals surface area contributed by atoms with Gasteiger partial charge in [-0.05, 0) is 59.5 Å². The zero-order chi connectivity index (χ0) is 13.1. The number of nitrogens with one attached hydrogen (secondary N) is 1. The molecule has 0 fully saturated rings. The SMILES string of the molecule is Cc1ccccc1C(C)Nc1ncc(Br)cc1C. The third-order valence-corrected chi connectivity index (χ3v) is 3.49. The van der Waals surface area contributed by atoms with Crippen LogP contribution in [0.5, 0.6) is 0 Å². The molecule has 1 unspecified atom stereocenters. The van der Waals surface area contributed by atoms with E-state index >= 15 is 0 Å². The van der Waals surface area contributed by atoms with Gasteiger partial charge >= 0.3 is 0 Å². The number of hydrogen-bond donors (Lipinski definition) is 1. The van der Waals surface area contributed by atoms with Gasteiger partial charge in [0, 0.05) is 10.7 Å². The van der Waals surface area contributed by atoms with Crippen molar-refractivity contribution >= 4 is 21.7 Å². The quantitative estimate of drug-likeness (QED) is 0.894. The van der Waals surface area contributed by atoms with E-state index in [1.54, 1.807) is 0 Å². The highest BCUT2D eigenvalue weighted by atomic mass is 79.9. The Morgan fingerprint density at radius 1 is 1.17 bits per heavy atom. The fourth-order valence-electron chi connectivity index (χ4n) is 2.05. The second-order valence-electron chi connectivity index (χ2n) is 4.54. The van der Waals surface area contributed by atoms with Crippen LogP contribution in [-0.2, 0) is 0 Å². The van der Waals surface area contributed by atoms with Crippen molar-refractivity contribution in [2.45, 2.75) is 26.8 Å². The summed E-state index contributed by atoms with van der Waals surface area (Å²) in [7, 11) is 0. The largest absolute Gasteiger partial charge is 0.363 e. The lowest BCUT2D eigenvalue weighted by molar-refractivity contribution is 0.861. The molecule has 1 atom stereocenters. The normalized spacial score (nSPS) is 12.2. The first kappa shape index (κ1) is 13.1. The number of aromatic nitrogens is 1. The van der Waals surface area contributed by atoms with E-state index in [0.29, 0.717) is 0 Å². The molecule has 0 aliphatic heterocycles. The molecule has 2 aromatic rings. The summed E-state index contributed by atoms with van der Waals surface area (Å²) in [5, 5.41) is 3.46. The molecule has 1 aromatic carbocycles. The van der Waals surface area contributed by atoms with Crippen molar-refractivity contribution in [3.63, 3.8) is 0 Å². The summed E-state index contributed by atoms with van der Waals surface area (Å²) in [4.78, 5) is 4.41. The van der Waals surface area contributed by atoms with Crippen LogP contribution in [0.15, 0.2) is 41.0 Å². The molecule has 94 valence electrons. The molecule has 0 aliphatic rings. The van der Waals surface area contributed by atoms with Gasteiger partial charge in [-0.2, -0.15) is 0 Å². The monoisotopic (exact) mass is 304 g/mol. The second kappa shape index (κ2) is 5.53. The maximum Gasteiger partial charge on any atom is 0.129 e. The Balaban J connectivity index is 2.21. The van der Waals surface area contributed by atoms with Crippen molar-refractivity contribution in [3.05, 3.63) is 57.7 Å². The predicted octanol–water partition coefficient (Wildman–Crippen LogP) is 4.63. The fourth-order valence-corrected chi connectivity index (χ4v) is 2.49. The summed E-state index contributed by atoms with van der Waals surface area (Å²) < 4.78 is 1.01. The van der Waals surface area contributed by atoms with Crippen molar-refractivity contribution in [1.29, 1.82) is 0 Å². The van der Waals surface area contributed by atoms with E-state index in [0.717, 1.165) is 15.9 Å². The standard InChI is InChI=1S/C15H17BrN2/c1-10-6-4-5-7-14(10)12(3)18-15-11(2)8-13(16)9-17-15/h4-9,12H,1-3H3,(H,17,18). The minimum Gasteiger partial charge on any atom is -0.363 e. The number of benzene rings is 1. The molecule has 1 N–H and O–H groups in total. The Hall–Kier alpha value is -1.35. The zero-order valence-corrected chi connectivity index (χ0v) is 12.5. The van der Waals surface area contributed by atoms with E-state index in [9.17, 15) is 0 Å². The molecule has 2 nitrogen and oxygen atoms in total. The van der Waals surface area contributed by atoms with Gasteiger partial charge in [0.05, 0.1) is 6.04 Å². The van der Waals surface area contributed by atoms with Gasteiger partial charge < -0.3 is 5.32 Å². The van der Waals surface area contributed by atoms with Gasteiger partial charge in [-0.1, -0.05) is 24.3 Å². The van der Waals surface area contributed by atoms with Crippen LogP contribution in [0.2, 0.25) is 0 Å². The Labute approximate surface area is 117 Å². The van der Waals surface area contributed by atoms with Crippen LogP contribution in [0.4, 0.5) is 5.82 Å². The van der Waals surface area contributed by atoms with E-state index in [-0.39, 0.29) is 6.04 Å². The summed E-state index contributed by atoms with van der Waals surface area (Å²) >= 11 is 3.43. The van der Waals surface area contributed by atoms with Crippen molar-refractivity contribution in [2.24, 2.45) is 0 Å². The minimum absolute atomic E-state index is 0.249. The Morgan fingerprint density at radius 3 is 2.56 bits per heavy atom. The van der Waals surface area contributed by atoms with E-state index in [4.69, 9.17) is 0 Å². The molecule has 0 spiro atoms. The van der Waals surface area contributed by atoms with E-state index in [1.807, 2.05) is 6.20 Å². The van der Waals surface area contributed by atoms with Crippen LogP contribution in [0.25, 0.3) is 0 Å². The average Bonchev–Trinajstić information content (AvgIpc) is 2.33. The molecule has 0 aliphatic carbocycles. The zero-order valence-electron chi connectivity index (χ0n) is 10.9. The maximum absolute atomic E-state index is 4.41.